The van der Waals surface area contributed by atoms with Gasteiger partial charge in [0, 0.05) is 12.2 Å². The van der Waals surface area contributed by atoms with Crippen molar-refractivity contribution in [3.8, 4) is 0 Å². The van der Waals surface area contributed by atoms with Crippen molar-refractivity contribution in [3.05, 3.63) is 29.3 Å². The molecule has 4 N–H and O–H groups in total. The quantitative estimate of drug-likeness (QED) is 0.533. The molecular formula is C12H16N2O4. The molecule has 98 valence electrons. The average Bonchev–Trinajstić information content (AvgIpc) is 2.76. The van der Waals surface area contributed by atoms with E-state index in [0.29, 0.717) is 24.1 Å². The second-order valence-corrected chi connectivity index (χ2v) is 3.98. The Kier molecular flexibility index (Phi) is 4.14. The Labute approximate surface area is 105 Å². The van der Waals surface area contributed by atoms with E-state index >= 15 is 0 Å². The van der Waals surface area contributed by atoms with Crippen molar-refractivity contribution >= 4 is 11.7 Å². The summed E-state index contributed by atoms with van der Waals surface area (Å²) in [7, 11) is 0. The maximum Gasteiger partial charge on any atom is 0.340 e. The molecule has 0 bridgehead atoms. The lowest BCUT2D eigenvalue weighted by Crippen LogP contribution is -2.09. The molecule has 1 aliphatic heterocycles. The minimum absolute atomic E-state index is 0.0997. The average molecular weight is 252 g/mol. The number of rotatable bonds is 5. The molecule has 1 heterocycles. The number of carbonyl (C=O) groups is 1. The number of aliphatic hydroxyl groups is 1. The summed E-state index contributed by atoms with van der Waals surface area (Å²) < 4.78 is 5.10. The molecule has 0 aliphatic carbocycles. The van der Waals surface area contributed by atoms with Crippen molar-refractivity contribution in [1.82, 2.24) is 0 Å². The van der Waals surface area contributed by atoms with Gasteiger partial charge in [0.05, 0.1) is 17.9 Å². The van der Waals surface area contributed by atoms with Crippen LogP contribution in [0.2, 0.25) is 0 Å². The fourth-order valence-electron chi connectivity index (χ4n) is 1.73. The van der Waals surface area contributed by atoms with Crippen molar-refractivity contribution in [1.29, 1.82) is 0 Å². The first-order chi connectivity index (χ1) is 8.74. The Morgan fingerprint density at radius 3 is 3.11 bits per heavy atom. The number of hydrogen-bond donors (Lipinski definition) is 3. The van der Waals surface area contributed by atoms with Gasteiger partial charge >= 0.3 is 5.97 Å². The Morgan fingerprint density at radius 1 is 1.50 bits per heavy atom. The Morgan fingerprint density at radius 2 is 2.33 bits per heavy atom. The minimum atomic E-state index is -0.567. The van der Waals surface area contributed by atoms with Crippen molar-refractivity contribution in [2.24, 2.45) is 5.73 Å². The van der Waals surface area contributed by atoms with Crippen molar-refractivity contribution < 1.29 is 19.5 Å². The zero-order chi connectivity index (χ0) is 13.0. The lowest BCUT2D eigenvalue weighted by Gasteiger charge is -2.07. The van der Waals surface area contributed by atoms with Crippen LogP contribution in [0.1, 0.15) is 35.0 Å². The molecule has 18 heavy (non-hydrogen) atoms. The van der Waals surface area contributed by atoms with Crippen LogP contribution < -0.4 is 11.2 Å². The highest BCUT2D eigenvalue weighted by Gasteiger charge is 2.25. The first kappa shape index (κ1) is 12.8. The van der Waals surface area contributed by atoms with E-state index in [1.807, 2.05) is 0 Å². The number of esters is 1. The monoisotopic (exact) mass is 252 g/mol. The van der Waals surface area contributed by atoms with E-state index < -0.39 is 12.2 Å². The Balaban J connectivity index is 2.03. The summed E-state index contributed by atoms with van der Waals surface area (Å²) >= 11 is 0. The van der Waals surface area contributed by atoms with Crippen molar-refractivity contribution in [3.63, 3.8) is 0 Å². The van der Waals surface area contributed by atoms with Gasteiger partial charge < -0.3 is 15.6 Å². The van der Waals surface area contributed by atoms with Gasteiger partial charge in [0.25, 0.3) is 0 Å². The number of aliphatic hydroxyl groups excluding tert-OH is 1. The fourth-order valence-corrected chi connectivity index (χ4v) is 1.73. The van der Waals surface area contributed by atoms with Gasteiger partial charge in [-0.2, -0.15) is 0 Å². The van der Waals surface area contributed by atoms with E-state index in [-0.39, 0.29) is 13.2 Å². The zero-order valence-electron chi connectivity index (χ0n) is 9.89. The van der Waals surface area contributed by atoms with Gasteiger partial charge in [-0.05, 0) is 18.9 Å². The Bertz CT molecular complexity index is 436. The van der Waals surface area contributed by atoms with E-state index in [0.717, 1.165) is 5.56 Å². The van der Waals surface area contributed by atoms with Crippen molar-refractivity contribution in [2.45, 2.75) is 19.1 Å². The molecule has 0 saturated carbocycles. The smallest absolute Gasteiger partial charge is 0.340 e. The lowest BCUT2D eigenvalue weighted by atomic mass is 10.1. The Hall–Kier alpha value is -1.63. The molecule has 1 atom stereocenters. The van der Waals surface area contributed by atoms with Gasteiger partial charge in [-0.3, -0.25) is 10.3 Å². The third-order valence-corrected chi connectivity index (χ3v) is 2.70. The van der Waals surface area contributed by atoms with Gasteiger partial charge in [0.15, 0.2) is 6.23 Å². The van der Waals surface area contributed by atoms with Gasteiger partial charge in [0.1, 0.15) is 0 Å². The normalized spacial score (nSPS) is 17.1. The van der Waals surface area contributed by atoms with Gasteiger partial charge in [0.2, 0.25) is 0 Å². The van der Waals surface area contributed by atoms with Crippen LogP contribution in [0, 0.1) is 0 Å². The topological polar surface area (TPSA) is 93.8 Å². The molecule has 0 saturated heterocycles. The molecule has 1 aliphatic rings. The van der Waals surface area contributed by atoms with E-state index in [4.69, 9.17) is 20.4 Å². The summed E-state index contributed by atoms with van der Waals surface area (Å²) in [6.45, 7) is 0.387. The molecule has 6 nitrogen and oxygen atoms in total. The summed E-state index contributed by atoms with van der Waals surface area (Å²) in [6.07, 6.45) is 0.690. The van der Waals surface area contributed by atoms with Gasteiger partial charge in [-0.15, -0.1) is 0 Å². The summed E-state index contributed by atoms with van der Waals surface area (Å²) in [6, 6.07) is 5.18. The molecule has 0 radical (unpaired) electrons. The van der Waals surface area contributed by atoms with Crippen LogP contribution in [-0.2, 0) is 9.57 Å². The van der Waals surface area contributed by atoms with Crippen LogP contribution in [0.5, 0.6) is 0 Å². The maximum absolute atomic E-state index is 11.9. The number of hydrogen-bond acceptors (Lipinski definition) is 6. The predicted octanol–water partition coefficient (Wildman–Crippen LogP) is 0.930. The summed E-state index contributed by atoms with van der Waals surface area (Å²) in [5.41, 5.74) is 10.0. The third kappa shape index (κ3) is 2.61. The lowest BCUT2D eigenvalue weighted by molar-refractivity contribution is 0.0493. The van der Waals surface area contributed by atoms with Crippen LogP contribution in [0.15, 0.2) is 18.2 Å². The number of benzene rings is 1. The first-order valence-electron chi connectivity index (χ1n) is 5.82. The number of unbranched alkanes of at least 4 members (excludes halogenated alkanes) is 1. The van der Waals surface area contributed by atoms with E-state index in [2.05, 4.69) is 5.48 Å². The molecule has 0 fully saturated rings. The SMILES string of the molecule is NC1ONc2c(C(=O)OCCCCO)cccc21. The standard InChI is InChI=1S/C12H16N2O4/c13-11-8-4-3-5-9(10(8)14-18-11)12(16)17-7-2-1-6-15/h3-5,11,14-15H,1-2,6-7,13H2. The van der Waals surface area contributed by atoms with Crippen LogP contribution in [-0.4, -0.2) is 24.3 Å². The van der Waals surface area contributed by atoms with Crippen LogP contribution in [0.3, 0.4) is 0 Å². The van der Waals surface area contributed by atoms with Crippen molar-refractivity contribution in [2.75, 3.05) is 18.7 Å². The second-order valence-electron chi connectivity index (χ2n) is 3.98. The van der Waals surface area contributed by atoms with Gasteiger partial charge in [-0.1, -0.05) is 12.1 Å². The van der Waals surface area contributed by atoms with Gasteiger partial charge in [-0.25, -0.2) is 4.79 Å². The van der Waals surface area contributed by atoms with E-state index in [1.54, 1.807) is 18.2 Å². The number of para-hydroxylation sites is 1. The number of anilines is 1. The number of nitrogens with one attached hydrogen (secondary N) is 1. The zero-order valence-corrected chi connectivity index (χ0v) is 9.89. The fraction of sp³-hybridized carbons (Fsp3) is 0.417. The molecule has 6 heteroatoms. The third-order valence-electron chi connectivity index (χ3n) is 2.70. The number of nitrogens with two attached hydrogens (primary N) is 1. The summed E-state index contributed by atoms with van der Waals surface area (Å²) in [4.78, 5) is 16.9. The van der Waals surface area contributed by atoms with E-state index in [1.165, 1.54) is 0 Å². The second kappa shape index (κ2) is 5.81. The van der Waals surface area contributed by atoms with E-state index in [9.17, 15) is 4.79 Å². The van der Waals surface area contributed by atoms with Crippen LogP contribution in [0.4, 0.5) is 5.69 Å². The maximum atomic E-state index is 11.9. The minimum Gasteiger partial charge on any atom is -0.462 e. The highest BCUT2D eigenvalue weighted by Crippen LogP contribution is 2.32. The molecule has 0 aromatic heterocycles. The highest BCUT2D eigenvalue weighted by molar-refractivity contribution is 5.96. The van der Waals surface area contributed by atoms with Crippen LogP contribution >= 0.6 is 0 Å². The number of carbonyl (C=O) groups excluding carboxylic acids is 1. The molecule has 1 unspecified atom stereocenters. The number of fused-ring (bicyclic) bond motifs is 1. The summed E-state index contributed by atoms with van der Waals surface area (Å²) in [5.74, 6) is -0.421. The molecular weight excluding hydrogens is 236 g/mol. The largest absolute Gasteiger partial charge is 0.462 e. The van der Waals surface area contributed by atoms with Crippen LogP contribution in [0.25, 0.3) is 0 Å². The molecule has 2 rings (SSSR count). The molecule has 1 aromatic carbocycles. The summed E-state index contributed by atoms with van der Waals surface area (Å²) in [5, 5.41) is 8.62. The molecule has 0 spiro atoms. The molecule has 1 aromatic rings. The number of ether oxygens (including phenoxy) is 1. The first-order valence-corrected chi connectivity index (χ1v) is 5.82. The highest BCUT2D eigenvalue weighted by atomic mass is 16.7. The predicted molar refractivity (Wildman–Crippen MR) is 64.7 cm³/mol. The molecule has 0 amide bonds.